The molecule has 7 heteroatoms. The highest BCUT2D eigenvalue weighted by Crippen LogP contribution is 2.27. The lowest BCUT2D eigenvalue weighted by Gasteiger charge is -2.36. The number of methoxy groups -OCH3 is 1. The van der Waals surface area contributed by atoms with E-state index in [0.717, 1.165) is 25.7 Å². The van der Waals surface area contributed by atoms with Crippen LogP contribution in [0.25, 0.3) is 0 Å². The number of aliphatic hydroxyl groups is 1. The Bertz CT molecular complexity index is 428. The number of aliphatic hydroxyl groups excluding tert-OH is 1. The number of ether oxygens (including phenoxy) is 2. The van der Waals surface area contributed by atoms with Crippen LogP contribution in [-0.4, -0.2) is 79.0 Å². The highest BCUT2D eigenvalue weighted by molar-refractivity contribution is 5.71. The van der Waals surface area contributed by atoms with Crippen molar-refractivity contribution in [3.8, 4) is 0 Å². The summed E-state index contributed by atoms with van der Waals surface area (Å²) < 4.78 is 10.2. The molecule has 25 heavy (non-hydrogen) atoms. The Morgan fingerprint density at radius 3 is 2.20 bits per heavy atom. The van der Waals surface area contributed by atoms with E-state index in [0.29, 0.717) is 19.0 Å². The number of likely N-dealkylation sites (N-methyl/N-ethyl adjacent to an activating group) is 1. The lowest BCUT2D eigenvalue weighted by Crippen LogP contribution is -2.46. The molecule has 146 valence electrons. The van der Waals surface area contributed by atoms with Gasteiger partial charge in [-0.2, -0.15) is 0 Å². The number of amides is 1. The van der Waals surface area contributed by atoms with Crippen LogP contribution in [0.15, 0.2) is 0 Å². The molecule has 0 saturated heterocycles. The zero-order chi connectivity index (χ0) is 19.0. The average molecular weight is 358 g/mol. The van der Waals surface area contributed by atoms with Crippen molar-refractivity contribution in [2.45, 2.75) is 58.1 Å². The molecule has 1 aliphatic carbocycles. The van der Waals surface area contributed by atoms with E-state index >= 15 is 0 Å². The van der Waals surface area contributed by atoms with Gasteiger partial charge in [0.05, 0.1) is 13.7 Å². The zero-order valence-electron chi connectivity index (χ0n) is 16.3. The lowest BCUT2D eigenvalue weighted by atomic mass is 9.86. The molecule has 1 fully saturated rings. The van der Waals surface area contributed by atoms with E-state index in [1.807, 2.05) is 20.8 Å². The average Bonchev–Trinajstić information content (AvgIpc) is 2.56. The van der Waals surface area contributed by atoms with Crippen LogP contribution in [0, 0.1) is 5.92 Å². The maximum atomic E-state index is 12.1. The molecule has 0 atom stereocenters. The van der Waals surface area contributed by atoms with E-state index < -0.39 is 5.60 Å². The fourth-order valence-corrected chi connectivity index (χ4v) is 3.02. The summed E-state index contributed by atoms with van der Waals surface area (Å²) in [6.07, 6.45) is 3.44. The minimum atomic E-state index is -0.528. The van der Waals surface area contributed by atoms with E-state index in [4.69, 9.17) is 9.47 Å². The second kappa shape index (κ2) is 9.97. The van der Waals surface area contributed by atoms with Gasteiger partial charge >= 0.3 is 12.1 Å². The van der Waals surface area contributed by atoms with Crippen molar-refractivity contribution in [2.24, 2.45) is 5.92 Å². The molecule has 1 saturated carbocycles. The van der Waals surface area contributed by atoms with Crippen LogP contribution in [0.2, 0.25) is 0 Å². The SMILES string of the molecule is COC(=O)CN(CCN(C)C(=O)OC(C)(C)C)C1CCC(CO)CC1. The number of nitrogens with zero attached hydrogens (tertiary/aromatic N) is 2. The summed E-state index contributed by atoms with van der Waals surface area (Å²) in [7, 11) is 3.09. The first kappa shape index (κ1) is 21.7. The quantitative estimate of drug-likeness (QED) is 0.700. The Balaban J connectivity index is 2.59. The minimum Gasteiger partial charge on any atom is -0.468 e. The van der Waals surface area contributed by atoms with Crippen molar-refractivity contribution in [1.29, 1.82) is 0 Å². The first-order valence-electron chi connectivity index (χ1n) is 9.02. The molecule has 0 aromatic heterocycles. The third-order valence-corrected chi connectivity index (χ3v) is 4.58. The van der Waals surface area contributed by atoms with E-state index in [-0.39, 0.29) is 31.3 Å². The van der Waals surface area contributed by atoms with E-state index in [2.05, 4.69) is 4.90 Å². The molecular weight excluding hydrogens is 324 g/mol. The van der Waals surface area contributed by atoms with Crippen LogP contribution in [0.4, 0.5) is 4.79 Å². The molecule has 1 N–H and O–H groups in total. The van der Waals surface area contributed by atoms with Gasteiger partial charge in [-0.25, -0.2) is 4.79 Å². The van der Waals surface area contributed by atoms with Crippen molar-refractivity contribution in [3.63, 3.8) is 0 Å². The Kier molecular flexibility index (Phi) is 8.65. The molecule has 0 aromatic carbocycles. The van der Waals surface area contributed by atoms with Gasteiger partial charge in [0.1, 0.15) is 5.60 Å². The minimum absolute atomic E-state index is 0.215. The van der Waals surface area contributed by atoms with E-state index in [1.165, 1.54) is 12.0 Å². The lowest BCUT2D eigenvalue weighted by molar-refractivity contribution is -0.142. The summed E-state index contributed by atoms with van der Waals surface area (Å²) in [4.78, 5) is 27.4. The van der Waals surface area contributed by atoms with Crippen LogP contribution in [0.1, 0.15) is 46.5 Å². The third kappa shape index (κ3) is 8.05. The maximum Gasteiger partial charge on any atom is 0.410 e. The molecule has 0 unspecified atom stereocenters. The van der Waals surface area contributed by atoms with Gasteiger partial charge in [0, 0.05) is 32.8 Å². The van der Waals surface area contributed by atoms with Gasteiger partial charge < -0.3 is 19.5 Å². The largest absolute Gasteiger partial charge is 0.468 e. The zero-order valence-corrected chi connectivity index (χ0v) is 16.3. The smallest absolute Gasteiger partial charge is 0.410 e. The predicted octanol–water partition coefficient (Wildman–Crippen LogP) is 1.88. The van der Waals surface area contributed by atoms with Crippen molar-refractivity contribution >= 4 is 12.1 Å². The molecule has 1 aliphatic rings. The fraction of sp³-hybridized carbons (Fsp3) is 0.889. The number of esters is 1. The maximum absolute atomic E-state index is 12.1. The first-order valence-corrected chi connectivity index (χ1v) is 9.02. The highest BCUT2D eigenvalue weighted by atomic mass is 16.6. The highest BCUT2D eigenvalue weighted by Gasteiger charge is 2.28. The fourth-order valence-electron chi connectivity index (χ4n) is 3.02. The van der Waals surface area contributed by atoms with Crippen LogP contribution >= 0.6 is 0 Å². The Hall–Kier alpha value is -1.34. The monoisotopic (exact) mass is 358 g/mol. The summed E-state index contributed by atoms with van der Waals surface area (Å²) in [6, 6.07) is 0.272. The number of carbonyl (C=O) groups excluding carboxylic acids is 2. The summed E-state index contributed by atoms with van der Waals surface area (Å²) >= 11 is 0. The summed E-state index contributed by atoms with van der Waals surface area (Å²) in [6.45, 7) is 7.01. The van der Waals surface area contributed by atoms with Gasteiger partial charge in [-0.05, 0) is 52.4 Å². The van der Waals surface area contributed by atoms with Crippen LogP contribution in [-0.2, 0) is 14.3 Å². The molecule has 7 nitrogen and oxygen atoms in total. The summed E-state index contributed by atoms with van der Waals surface area (Å²) in [5.41, 5.74) is -0.528. The number of hydrogen-bond donors (Lipinski definition) is 1. The number of carbonyl (C=O) groups is 2. The Morgan fingerprint density at radius 1 is 1.12 bits per heavy atom. The van der Waals surface area contributed by atoms with Gasteiger partial charge in [0.25, 0.3) is 0 Å². The van der Waals surface area contributed by atoms with Crippen molar-refractivity contribution < 1.29 is 24.2 Å². The second-order valence-electron chi connectivity index (χ2n) is 7.81. The summed E-state index contributed by atoms with van der Waals surface area (Å²) in [5, 5.41) is 9.28. The molecular formula is C18H34N2O5. The van der Waals surface area contributed by atoms with E-state index in [1.54, 1.807) is 7.05 Å². The van der Waals surface area contributed by atoms with Gasteiger partial charge in [-0.3, -0.25) is 9.69 Å². The number of rotatable bonds is 7. The Labute approximate surface area is 151 Å². The van der Waals surface area contributed by atoms with Crippen molar-refractivity contribution in [2.75, 3.05) is 40.4 Å². The van der Waals surface area contributed by atoms with Crippen LogP contribution < -0.4 is 0 Å². The second-order valence-corrected chi connectivity index (χ2v) is 7.81. The van der Waals surface area contributed by atoms with Crippen LogP contribution in [0.5, 0.6) is 0 Å². The van der Waals surface area contributed by atoms with Gasteiger partial charge in [-0.15, -0.1) is 0 Å². The topological polar surface area (TPSA) is 79.3 Å². The molecule has 0 bridgehead atoms. The van der Waals surface area contributed by atoms with Gasteiger partial charge in [-0.1, -0.05) is 0 Å². The normalized spacial score (nSPS) is 21.1. The third-order valence-electron chi connectivity index (χ3n) is 4.58. The molecule has 0 radical (unpaired) electrons. The Morgan fingerprint density at radius 2 is 1.72 bits per heavy atom. The van der Waals surface area contributed by atoms with E-state index in [9.17, 15) is 14.7 Å². The molecule has 1 rings (SSSR count). The van der Waals surface area contributed by atoms with Crippen LogP contribution in [0.3, 0.4) is 0 Å². The van der Waals surface area contributed by atoms with Crippen molar-refractivity contribution in [3.05, 3.63) is 0 Å². The van der Waals surface area contributed by atoms with Crippen molar-refractivity contribution in [1.82, 2.24) is 9.80 Å². The molecule has 0 heterocycles. The standard InChI is InChI=1S/C18H34N2O5/c1-18(2,3)25-17(23)19(4)10-11-20(12-16(22)24-5)15-8-6-14(13-21)7-9-15/h14-15,21H,6-13H2,1-5H3. The molecule has 0 spiro atoms. The summed E-state index contributed by atoms with van der Waals surface area (Å²) in [5.74, 6) is 0.0878. The van der Waals surface area contributed by atoms with Gasteiger partial charge in [0.15, 0.2) is 0 Å². The molecule has 0 aromatic rings. The molecule has 1 amide bonds. The molecule has 0 aliphatic heterocycles. The van der Waals surface area contributed by atoms with Gasteiger partial charge in [0.2, 0.25) is 0 Å². The number of hydrogen-bond acceptors (Lipinski definition) is 6. The predicted molar refractivity (Wildman–Crippen MR) is 95.3 cm³/mol. The first-order chi connectivity index (χ1) is 11.7.